The number of hydrogen-bond donors (Lipinski definition) is 2. The molecule has 3 aromatic carbocycles. The first-order chi connectivity index (χ1) is 16.6. The first-order valence-electron chi connectivity index (χ1n) is 11.0. The maximum atomic E-state index is 12.4. The van der Waals surface area contributed by atoms with Crippen molar-refractivity contribution in [3.05, 3.63) is 120 Å². The Morgan fingerprint density at radius 2 is 1.71 bits per heavy atom. The summed E-state index contributed by atoms with van der Waals surface area (Å²) in [6, 6.07) is 25.4. The summed E-state index contributed by atoms with van der Waals surface area (Å²) in [6.07, 6.45) is 6.95. The topological polar surface area (TPSA) is 76.0 Å². The summed E-state index contributed by atoms with van der Waals surface area (Å²) in [5.41, 5.74) is 5.82. The first kappa shape index (κ1) is 22.7. The number of nitrogens with zero attached hydrogens (tertiary/aromatic N) is 2. The molecule has 1 aromatic heterocycles. The van der Waals surface area contributed by atoms with E-state index in [-0.39, 0.29) is 11.8 Å². The standard InChI is InChI=1S/C28H26N4O2/c1-29-28(34)24-14-7-21(8-15-24)11-16-27(33)30-19-25-5-2-3-6-26(25)23-12-9-22(10-13-23)20-32-18-4-17-31-32/h2-18H,19-20H2,1H3,(H,29,34)(H,30,33)/b16-11+. The second-order valence-electron chi connectivity index (χ2n) is 7.81. The van der Waals surface area contributed by atoms with Crippen LogP contribution in [0.2, 0.25) is 0 Å². The third-order valence-corrected chi connectivity index (χ3v) is 5.47. The summed E-state index contributed by atoms with van der Waals surface area (Å²) in [6.45, 7) is 1.15. The van der Waals surface area contributed by atoms with Gasteiger partial charge in [0.15, 0.2) is 0 Å². The van der Waals surface area contributed by atoms with Crippen molar-refractivity contribution < 1.29 is 9.59 Å². The molecule has 0 saturated carbocycles. The fourth-order valence-electron chi connectivity index (χ4n) is 3.63. The Labute approximate surface area is 198 Å². The van der Waals surface area contributed by atoms with Crippen LogP contribution in [0.1, 0.15) is 27.0 Å². The predicted octanol–water partition coefficient (Wildman–Crippen LogP) is 4.29. The smallest absolute Gasteiger partial charge is 0.251 e. The van der Waals surface area contributed by atoms with E-state index < -0.39 is 0 Å². The molecule has 170 valence electrons. The maximum Gasteiger partial charge on any atom is 0.251 e. The van der Waals surface area contributed by atoms with Gasteiger partial charge in [0.25, 0.3) is 5.91 Å². The van der Waals surface area contributed by atoms with Crippen molar-refractivity contribution in [1.29, 1.82) is 0 Å². The second kappa shape index (κ2) is 10.9. The molecule has 0 atom stereocenters. The molecular weight excluding hydrogens is 424 g/mol. The minimum absolute atomic E-state index is 0.139. The van der Waals surface area contributed by atoms with Gasteiger partial charge in [-0.25, -0.2) is 0 Å². The zero-order valence-corrected chi connectivity index (χ0v) is 18.9. The summed E-state index contributed by atoms with van der Waals surface area (Å²) >= 11 is 0. The number of carbonyl (C=O) groups excluding carboxylic acids is 2. The molecule has 0 radical (unpaired) electrons. The SMILES string of the molecule is CNC(=O)c1ccc(/C=C/C(=O)NCc2ccccc2-c2ccc(Cn3cccn3)cc2)cc1. The van der Waals surface area contributed by atoms with Gasteiger partial charge in [0.1, 0.15) is 0 Å². The van der Waals surface area contributed by atoms with Crippen molar-refractivity contribution in [3.63, 3.8) is 0 Å². The summed E-state index contributed by atoms with van der Waals surface area (Å²) in [7, 11) is 1.59. The number of hydrogen-bond acceptors (Lipinski definition) is 3. The minimum Gasteiger partial charge on any atom is -0.355 e. The second-order valence-corrected chi connectivity index (χ2v) is 7.81. The third-order valence-electron chi connectivity index (χ3n) is 5.47. The van der Waals surface area contributed by atoms with Gasteiger partial charge < -0.3 is 10.6 Å². The van der Waals surface area contributed by atoms with E-state index >= 15 is 0 Å². The Kier molecular flexibility index (Phi) is 7.30. The summed E-state index contributed by atoms with van der Waals surface area (Å²) < 4.78 is 1.89. The average Bonchev–Trinajstić information content (AvgIpc) is 3.40. The van der Waals surface area contributed by atoms with Crippen LogP contribution in [-0.4, -0.2) is 28.6 Å². The zero-order chi connectivity index (χ0) is 23.8. The Morgan fingerprint density at radius 1 is 0.941 bits per heavy atom. The molecular formula is C28H26N4O2. The number of benzene rings is 3. The molecule has 0 aliphatic carbocycles. The lowest BCUT2D eigenvalue weighted by Gasteiger charge is -2.11. The fraction of sp³-hybridized carbons (Fsp3) is 0.107. The van der Waals surface area contributed by atoms with Crippen LogP contribution in [0.4, 0.5) is 0 Å². The fourth-order valence-corrected chi connectivity index (χ4v) is 3.63. The monoisotopic (exact) mass is 450 g/mol. The van der Waals surface area contributed by atoms with Gasteiger partial charge in [0.2, 0.25) is 5.91 Å². The van der Waals surface area contributed by atoms with Crippen LogP contribution < -0.4 is 10.6 Å². The molecule has 0 bridgehead atoms. The van der Waals surface area contributed by atoms with Crippen LogP contribution in [0.15, 0.2) is 97.3 Å². The highest BCUT2D eigenvalue weighted by Crippen LogP contribution is 2.24. The van der Waals surface area contributed by atoms with Gasteiger partial charge in [-0.3, -0.25) is 14.3 Å². The van der Waals surface area contributed by atoms with Crippen molar-refractivity contribution in [3.8, 4) is 11.1 Å². The van der Waals surface area contributed by atoms with Crippen molar-refractivity contribution >= 4 is 17.9 Å². The van der Waals surface area contributed by atoms with E-state index in [2.05, 4.69) is 46.1 Å². The molecule has 0 fully saturated rings. The van der Waals surface area contributed by atoms with Crippen LogP contribution in [0.3, 0.4) is 0 Å². The average molecular weight is 451 g/mol. The Morgan fingerprint density at radius 3 is 2.41 bits per heavy atom. The molecule has 2 amide bonds. The molecule has 0 spiro atoms. The Balaban J connectivity index is 1.38. The first-order valence-corrected chi connectivity index (χ1v) is 11.0. The van der Waals surface area contributed by atoms with E-state index in [1.165, 1.54) is 11.6 Å². The van der Waals surface area contributed by atoms with Crippen LogP contribution >= 0.6 is 0 Å². The molecule has 6 heteroatoms. The van der Waals surface area contributed by atoms with Crippen LogP contribution in [-0.2, 0) is 17.9 Å². The van der Waals surface area contributed by atoms with Crippen molar-refractivity contribution in [2.75, 3.05) is 7.05 Å². The predicted molar refractivity (Wildman–Crippen MR) is 134 cm³/mol. The molecule has 6 nitrogen and oxygen atoms in total. The van der Waals surface area contributed by atoms with E-state index in [9.17, 15) is 9.59 Å². The molecule has 0 aliphatic heterocycles. The van der Waals surface area contributed by atoms with Crippen molar-refractivity contribution in [2.24, 2.45) is 0 Å². The Hall–Kier alpha value is -4.45. The number of carbonyl (C=O) groups is 2. The Bertz CT molecular complexity index is 1280. The highest BCUT2D eigenvalue weighted by atomic mass is 16.2. The van der Waals surface area contributed by atoms with Gasteiger partial charge in [-0.1, -0.05) is 60.7 Å². The van der Waals surface area contributed by atoms with E-state index in [1.54, 1.807) is 43.6 Å². The summed E-state index contributed by atoms with van der Waals surface area (Å²) in [4.78, 5) is 24.0. The largest absolute Gasteiger partial charge is 0.355 e. The zero-order valence-electron chi connectivity index (χ0n) is 18.9. The molecule has 0 saturated heterocycles. The number of nitrogens with one attached hydrogen (secondary N) is 2. The molecule has 4 rings (SSSR count). The number of rotatable bonds is 8. The lowest BCUT2D eigenvalue weighted by molar-refractivity contribution is -0.116. The van der Waals surface area contributed by atoms with Gasteiger partial charge in [-0.05, 0) is 52.1 Å². The molecule has 4 aromatic rings. The van der Waals surface area contributed by atoms with E-state index in [0.717, 1.165) is 28.8 Å². The van der Waals surface area contributed by atoms with Crippen LogP contribution in [0.25, 0.3) is 17.2 Å². The van der Waals surface area contributed by atoms with Crippen molar-refractivity contribution in [1.82, 2.24) is 20.4 Å². The van der Waals surface area contributed by atoms with Crippen LogP contribution in [0.5, 0.6) is 0 Å². The quantitative estimate of drug-likeness (QED) is 0.393. The lowest BCUT2D eigenvalue weighted by atomic mass is 9.98. The highest BCUT2D eigenvalue weighted by Gasteiger charge is 2.07. The third kappa shape index (κ3) is 5.86. The molecule has 2 N–H and O–H groups in total. The molecule has 1 heterocycles. The maximum absolute atomic E-state index is 12.4. The van der Waals surface area contributed by atoms with Gasteiger partial charge in [-0.2, -0.15) is 5.10 Å². The van der Waals surface area contributed by atoms with Gasteiger partial charge in [-0.15, -0.1) is 0 Å². The minimum atomic E-state index is -0.181. The molecule has 0 unspecified atom stereocenters. The molecule has 34 heavy (non-hydrogen) atoms. The summed E-state index contributed by atoms with van der Waals surface area (Å²) in [5, 5.41) is 9.79. The number of amides is 2. The van der Waals surface area contributed by atoms with Gasteiger partial charge in [0, 0.05) is 37.6 Å². The van der Waals surface area contributed by atoms with Gasteiger partial charge in [0.05, 0.1) is 6.54 Å². The van der Waals surface area contributed by atoms with Crippen molar-refractivity contribution in [2.45, 2.75) is 13.1 Å². The van der Waals surface area contributed by atoms with Crippen LogP contribution in [0, 0.1) is 0 Å². The normalized spacial score (nSPS) is 10.9. The summed E-state index contributed by atoms with van der Waals surface area (Å²) in [5.74, 6) is -0.320. The van der Waals surface area contributed by atoms with E-state index in [1.807, 2.05) is 35.1 Å². The highest BCUT2D eigenvalue weighted by molar-refractivity contribution is 5.94. The van der Waals surface area contributed by atoms with E-state index in [4.69, 9.17) is 0 Å². The lowest BCUT2D eigenvalue weighted by Crippen LogP contribution is -2.20. The van der Waals surface area contributed by atoms with E-state index in [0.29, 0.717) is 12.1 Å². The number of aromatic nitrogens is 2. The van der Waals surface area contributed by atoms with Gasteiger partial charge >= 0.3 is 0 Å². The molecule has 0 aliphatic rings.